The SMILES string of the molecule is CC(C)CCc1nnc(SCC(=O)O)n1C1CC1. The van der Waals surface area contributed by atoms with Gasteiger partial charge in [0.15, 0.2) is 5.16 Å². The standard InChI is InChI=1S/C12H19N3O2S/c1-8(2)3-6-10-13-14-12(18-7-11(16)17)15(10)9-4-5-9/h8-9H,3-7H2,1-2H3,(H,16,17). The molecule has 5 nitrogen and oxygen atoms in total. The van der Waals surface area contributed by atoms with Crippen LogP contribution in [0.25, 0.3) is 0 Å². The number of rotatable bonds is 7. The number of aliphatic carboxylic acids is 1. The van der Waals surface area contributed by atoms with Crippen LogP contribution >= 0.6 is 11.8 Å². The van der Waals surface area contributed by atoms with E-state index in [9.17, 15) is 4.79 Å². The van der Waals surface area contributed by atoms with Crippen LogP contribution in [-0.2, 0) is 11.2 Å². The number of carboxylic acids is 1. The van der Waals surface area contributed by atoms with Gasteiger partial charge in [0.1, 0.15) is 5.82 Å². The molecule has 2 rings (SSSR count). The van der Waals surface area contributed by atoms with Gasteiger partial charge in [-0.3, -0.25) is 4.79 Å². The molecule has 100 valence electrons. The van der Waals surface area contributed by atoms with E-state index >= 15 is 0 Å². The van der Waals surface area contributed by atoms with E-state index in [0.29, 0.717) is 12.0 Å². The summed E-state index contributed by atoms with van der Waals surface area (Å²) in [7, 11) is 0. The zero-order valence-corrected chi connectivity index (χ0v) is 11.6. The lowest BCUT2D eigenvalue weighted by atomic mass is 10.1. The minimum atomic E-state index is -0.811. The zero-order valence-electron chi connectivity index (χ0n) is 10.8. The number of carbonyl (C=O) groups is 1. The molecule has 1 N–H and O–H groups in total. The quantitative estimate of drug-likeness (QED) is 0.770. The molecule has 0 atom stereocenters. The summed E-state index contributed by atoms with van der Waals surface area (Å²) in [6.45, 7) is 4.38. The Kier molecular flexibility index (Phi) is 4.27. The van der Waals surface area contributed by atoms with Crippen LogP contribution < -0.4 is 0 Å². The predicted octanol–water partition coefficient (Wildman–Crippen LogP) is 2.38. The molecule has 6 heteroatoms. The normalized spacial score (nSPS) is 15.3. The third-order valence-electron chi connectivity index (χ3n) is 2.92. The average Bonchev–Trinajstić information content (AvgIpc) is 3.05. The highest BCUT2D eigenvalue weighted by atomic mass is 32.2. The van der Waals surface area contributed by atoms with Crippen molar-refractivity contribution in [1.29, 1.82) is 0 Å². The van der Waals surface area contributed by atoms with Crippen molar-refractivity contribution in [3.05, 3.63) is 5.82 Å². The molecule has 1 aliphatic rings. The zero-order chi connectivity index (χ0) is 13.1. The van der Waals surface area contributed by atoms with Crippen molar-refractivity contribution in [3.8, 4) is 0 Å². The van der Waals surface area contributed by atoms with Crippen LogP contribution in [0, 0.1) is 5.92 Å². The van der Waals surface area contributed by atoms with E-state index in [1.807, 2.05) is 0 Å². The van der Waals surface area contributed by atoms with E-state index < -0.39 is 5.97 Å². The highest BCUT2D eigenvalue weighted by Gasteiger charge is 2.29. The fourth-order valence-electron chi connectivity index (χ4n) is 1.82. The summed E-state index contributed by atoms with van der Waals surface area (Å²) >= 11 is 1.27. The van der Waals surface area contributed by atoms with Crippen molar-refractivity contribution in [2.75, 3.05) is 5.75 Å². The molecule has 0 radical (unpaired) electrons. The van der Waals surface area contributed by atoms with Crippen LogP contribution in [0.15, 0.2) is 5.16 Å². The molecule has 1 saturated carbocycles. The maximum absolute atomic E-state index is 10.6. The summed E-state index contributed by atoms with van der Waals surface area (Å²) in [6.07, 6.45) is 4.34. The maximum atomic E-state index is 10.6. The Labute approximate surface area is 111 Å². The highest BCUT2D eigenvalue weighted by molar-refractivity contribution is 7.99. The van der Waals surface area contributed by atoms with Gasteiger partial charge in [-0.25, -0.2) is 0 Å². The fourth-order valence-corrected chi connectivity index (χ4v) is 2.56. The fraction of sp³-hybridized carbons (Fsp3) is 0.750. The Morgan fingerprint density at radius 1 is 1.50 bits per heavy atom. The van der Waals surface area contributed by atoms with Gasteiger partial charge in [0.2, 0.25) is 0 Å². The number of hydrogen-bond acceptors (Lipinski definition) is 4. The molecular formula is C12H19N3O2S. The minimum Gasteiger partial charge on any atom is -0.481 e. The van der Waals surface area contributed by atoms with Gasteiger partial charge in [-0.05, 0) is 25.2 Å². The van der Waals surface area contributed by atoms with E-state index in [2.05, 4.69) is 28.6 Å². The van der Waals surface area contributed by atoms with Gasteiger partial charge in [0, 0.05) is 12.5 Å². The van der Waals surface area contributed by atoms with E-state index in [1.54, 1.807) is 0 Å². The summed E-state index contributed by atoms with van der Waals surface area (Å²) in [5, 5.41) is 17.9. The molecule has 1 heterocycles. The van der Waals surface area contributed by atoms with Crippen LogP contribution in [0.4, 0.5) is 0 Å². The monoisotopic (exact) mass is 269 g/mol. The van der Waals surface area contributed by atoms with Gasteiger partial charge in [0.25, 0.3) is 0 Å². The molecule has 1 aromatic heterocycles. The molecule has 1 fully saturated rings. The van der Waals surface area contributed by atoms with Crippen molar-refractivity contribution in [1.82, 2.24) is 14.8 Å². The first-order chi connectivity index (χ1) is 8.58. The molecule has 18 heavy (non-hydrogen) atoms. The Hall–Kier alpha value is -1.04. The molecule has 0 saturated heterocycles. The van der Waals surface area contributed by atoms with Gasteiger partial charge < -0.3 is 9.67 Å². The summed E-state index contributed by atoms with van der Waals surface area (Å²) in [5.74, 6) is 0.896. The number of aromatic nitrogens is 3. The lowest BCUT2D eigenvalue weighted by molar-refractivity contribution is -0.133. The van der Waals surface area contributed by atoms with Crippen molar-refractivity contribution in [2.45, 2.75) is 50.7 Å². The Bertz CT molecular complexity index is 427. The first-order valence-corrected chi connectivity index (χ1v) is 7.35. The van der Waals surface area contributed by atoms with Gasteiger partial charge >= 0.3 is 5.97 Å². The van der Waals surface area contributed by atoms with Crippen LogP contribution in [0.2, 0.25) is 0 Å². The Balaban J connectivity index is 2.07. The van der Waals surface area contributed by atoms with Crippen LogP contribution in [0.1, 0.15) is 45.0 Å². The van der Waals surface area contributed by atoms with Gasteiger partial charge in [-0.1, -0.05) is 25.6 Å². The van der Waals surface area contributed by atoms with Crippen LogP contribution in [0.5, 0.6) is 0 Å². The molecular weight excluding hydrogens is 250 g/mol. The first-order valence-electron chi connectivity index (χ1n) is 6.36. The highest BCUT2D eigenvalue weighted by Crippen LogP contribution is 2.39. The second-order valence-corrected chi connectivity index (χ2v) is 6.06. The number of aryl methyl sites for hydroxylation is 1. The lowest BCUT2D eigenvalue weighted by Crippen LogP contribution is -2.06. The molecule has 0 spiro atoms. The molecule has 0 bridgehead atoms. The minimum absolute atomic E-state index is 0.0506. The second-order valence-electron chi connectivity index (χ2n) is 5.11. The van der Waals surface area contributed by atoms with Crippen LogP contribution in [-0.4, -0.2) is 31.6 Å². The number of hydrogen-bond donors (Lipinski definition) is 1. The molecule has 1 aliphatic carbocycles. The second kappa shape index (κ2) is 5.73. The van der Waals surface area contributed by atoms with Crippen molar-refractivity contribution in [3.63, 3.8) is 0 Å². The third-order valence-corrected chi connectivity index (χ3v) is 3.85. The molecule has 0 aromatic carbocycles. The Morgan fingerprint density at radius 3 is 2.78 bits per heavy atom. The van der Waals surface area contributed by atoms with E-state index in [0.717, 1.165) is 36.7 Å². The van der Waals surface area contributed by atoms with Crippen molar-refractivity contribution in [2.24, 2.45) is 5.92 Å². The van der Waals surface area contributed by atoms with E-state index in [1.165, 1.54) is 11.8 Å². The van der Waals surface area contributed by atoms with E-state index in [4.69, 9.17) is 5.11 Å². The molecule has 0 aliphatic heterocycles. The lowest BCUT2D eigenvalue weighted by Gasteiger charge is -2.09. The number of thioether (sulfide) groups is 1. The smallest absolute Gasteiger partial charge is 0.313 e. The number of nitrogens with zero attached hydrogens (tertiary/aromatic N) is 3. The van der Waals surface area contributed by atoms with Crippen LogP contribution in [0.3, 0.4) is 0 Å². The molecule has 0 unspecified atom stereocenters. The summed E-state index contributed by atoms with van der Waals surface area (Å²) in [5.41, 5.74) is 0. The summed E-state index contributed by atoms with van der Waals surface area (Å²) in [6, 6.07) is 0.499. The Morgan fingerprint density at radius 2 is 2.22 bits per heavy atom. The van der Waals surface area contributed by atoms with Crippen molar-refractivity contribution >= 4 is 17.7 Å². The summed E-state index contributed by atoms with van der Waals surface area (Å²) < 4.78 is 2.15. The maximum Gasteiger partial charge on any atom is 0.313 e. The number of carboxylic acid groups (broad SMARTS) is 1. The third kappa shape index (κ3) is 3.48. The topological polar surface area (TPSA) is 68.0 Å². The van der Waals surface area contributed by atoms with Gasteiger partial charge in [0.05, 0.1) is 5.75 Å². The molecule has 1 aromatic rings. The predicted molar refractivity (Wildman–Crippen MR) is 69.8 cm³/mol. The summed E-state index contributed by atoms with van der Waals surface area (Å²) in [4.78, 5) is 10.6. The molecule has 0 amide bonds. The van der Waals surface area contributed by atoms with Crippen molar-refractivity contribution < 1.29 is 9.90 Å². The largest absolute Gasteiger partial charge is 0.481 e. The van der Waals surface area contributed by atoms with E-state index in [-0.39, 0.29) is 5.75 Å². The van der Waals surface area contributed by atoms with Gasteiger partial charge in [-0.15, -0.1) is 10.2 Å². The van der Waals surface area contributed by atoms with Gasteiger partial charge in [-0.2, -0.15) is 0 Å². The first kappa shape index (κ1) is 13.4. The average molecular weight is 269 g/mol.